The molecule has 4 fully saturated rings. The number of aromatic amines is 2. The Morgan fingerprint density at radius 2 is 1.71 bits per heavy atom. The lowest BCUT2D eigenvalue weighted by atomic mass is 9.83. The van der Waals surface area contributed by atoms with Crippen LogP contribution in [0, 0.1) is 5.92 Å². The van der Waals surface area contributed by atoms with Gasteiger partial charge in [0.25, 0.3) is 11.5 Å². The smallest absolute Gasteiger partial charge is 0.326 e. The highest BCUT2D eigenvalue weighted by atomic mass is 16.2. The Balaban J connectivity index is 1.40. The number of hydrogen-bond acceptors (Lipinski definition) is 5. The van der Waals surface area contributed by atoms with E-state index < -0.39 is 11.2 Å². The van der Waals surface area contributed by atoms with E-state index in [1.54, 1.807) is 4.90 Å². The molecule has 1 atom stereocenters. The molecule has 0 aliphatic carbocycles. The molecular weight excluding hydrogens is 310 g/mol. The first kappa shape index (κ1) is 15.6. The van der Waals surface area contributed by atoms with E-state index in [0.29, 0.717) is 19.1 Å². The number of carbonyl (C=O) groups excluding carboxylic acids is 1. The SMILES string of the molecule is O=C(c1cc(=O)[nH]c(=O)[nH]1)N1CCN([C@@H]2CN3CCC2CC3)CC1. The average molecular weight is 333 g/mol. The van der Waals surface area contributed by atoms with Crippen LogP contribution in [0.3, 0.4) is 0 Å². The van der Waals surface area contributed by atoms with Crippen molar-refractivity contribution in [1.29, 1.82) is 0 Å². The van der Waals surface area contributed by atoms with E-state index in [4.69, 9.17) is 0 Å². The second kappa shape index (κ2) is 6.18. The fourth-order valence-corrected chi connectivity index (χ4v) is 4.36. The summed E-state index contributed by atoms with van der Waals surface area (Å²) in [5.74, 6) is 0.521. The van der Waals surface area contributed by atoms with Crippen LogP contribution in [0.4, 0.5) is 0 Å². The van der Waals surface area contributed by atoms with Crippen LogP contribution in [-0.4, -0.2) is 82.4 Å². The summed E-state index contributed by atoms with van der Waals surface area (Å²) in [6.45, 7) is 6.60. The van der Waals surface area contributed by atoms with Gasteiger partial charge in [0.2, 0.25) is 0 Å². The molecule has 8 nitrogen and oxygen atoms in total. The van der Waals surface area contributed by atoms with Gasteiger partial charge < -0.3 is 14.8 Å². The fourth-order valence-electron chi connectivity index (χ4n) is 4.36. The van der Waals surface area contributed by atoms with Gasteiger partial charge in [-0.1, -0.05) is 0 Å². The topological polar surface area (TPSA) is 92.5 Å². The van der Waals surface area contributed by atoms with Gasteiger partial charge in [-0.2, -0.15) is 0 Å². The number of fused-ring (bicyclic) bond motifs is 3. The number of hydrogen-bond donors (Lipinski definition) is 2. The lowest BCUT2D eigenvalue weighted by Gasteiger charge is -2.51. The molecule has 0 aromatic carbocycles. The first-order chi connectivity index (χ1) is 11.6. The van der Waals surface area contributed by atoms with Crippen LogP contribution < -0.4 is 11.2 Å². The van der Waals surface area contributed by atoms with Crippen LogP contribution in [0.25, 0.3) is 0 Å². The molecule has 4 aliphatic rings. The van der Waals surface area contributed by atoms with E-state index in [-0.39, 0.29) is 11.6 Å². The zero-order valence-electron chi connectivity index (χ0n) is 13.7. The maximum absolute atomic E-state index is 12.5. The lowest BCUT2D eigenvalue weighted by Crippen LogP contribution is -2.61. The molecule has 1 aromatic rings. The Kier molecular flexibility index (Phi) is 4.01. The molecule has 130 valence electrons. The van der Waals surface area contributed by atoms with Crippen molar-refractivity contribution in [1.82, 2.24) is 24.7 Å². The zero-order chi connectivity index (χ0) is 16.7. The third-order valence-electron chi connectivity index (χ3n) is 5.68. The Morgan fingerprint density at radius 1 is 1.00 bits per heavy atom. The fraction of sp³-hybridized carbons (Fsp3) is 0.688. The number of carbonyl (C=O) groups is 1. The van der Waals surface area contributed by atoms with Crippen molar-refractivity contribution < 1.29 is 4.79 Å². The molecule has 5 rings (SSSR count). The van der Waals surface area contributed by atoms with Crippen LogP contribution in [0.5, 0.6) is 0 Å². The molecule has 1 amide bonds. The average Bonchev–Trinajstić information content (AvgIpc) is 2.61. The molecule has 0 unspecified atom stereocenters. The van der Waals surface area contributed by atoms with Gasteiger partial charge in [0, 0.05) is 44.8 Å². The van der Waals surface area contributed by atoms with E-state index in [0.717, 1.165) is 31.6 Å². The Bertz CT molecular complexity index is 697. The molecule has 8 heteroatoms. The molecule has 0 radical (unpaired) electrons. The Hall–Kier alpha value is -1.93. The van der Waals surface area contributed by atoms with Crippen LogP contribution >= 0.6 is 0 Å². The predicted octanol–water partition coefficient (Wildman–Crippen LogP) is -1.08. The second-order valence-electron chi connectivity index (χ2n) is 7.03. The predicted molar refractivity (Wildman–Crippen MR) is 88.1 cm³/mol. The highest BCUT2D eigenvalue weighted by molar-refractivity contribution is 5.92. The molecule has 0 spiro atoms. The quantitative estimate of drug-likeness (QED) is 0.718. The number of aromatic nitrogens is 2. The molecule has 2 N–H and O–H groups in total. The summed E-state index contributed by atoms with van der Waals surface area (Å²) in [5.41, 5.74) is -1.12. The van der Waals surface area contributed by atoms with Crippen molar-refractivity contribution in [3.8, 4) is 0 Å². The van der Waals surface area contributed by atoms with Gasteiger partial charge in [-0.05, 0) is 31.8 Å². The largest absolute Gasteiger partial charge is 0.335 e. The van der Waals surface area contributed by atoms with Gasteiger partial charge in [-0.3, -0.25) is 19.5 Å². The molecule has 24 heavy (non-hydrogen) atoms. The first-order valence-electron chi connectivity index (χ1n) is 8.69. The van der Waals surface area contributed by atoms with E-state index in [2.05, 4.69) is 19.8 Å². The van der Waals surface area contributed by atoms with Crippen LogP contribution in [0.15, 0.2) is 15.7 Å². The Morgan fingerprint density at radius 3 is 2.29 bits per heavy atom. The highest BCUT2D eigenvalue weighted by Crippen LogP contribution is 2.31. The minimum Gasteiger partial charge on any atom is -0.335 e. The molecule has 2 bridgehead atoms. The summed E-state index contributed by atoms with van der Waals surface area (Å²) in [5, 5.41) is 0. The number of rotatable bonds is 2. The normalized spacial score (nSPS) is 30.5. The number of amides is 1. The van der Waals surface area contributed by atoms with Crippen LogP contribution in [0.2, 0.25) is 0 Å². The van der Waals surface area contributed by atoms with E-state index in [9.17, 15) is 14.4 Å². The van der Waals surface area contributed by atoms with Crippen LogP contribution in [-0.2, 0) is 0 Å². The molecule has 5 heterocycles. The number of nitrogens with one attached hydrogen (secondary N) is 2. The first-order valence-corrected chi connectivity index (χ1v) is 8.69. The van der Waals surface area contributed by atoms with Crippen molar-refractivity contribution in [3.05, 3.63) is 32.6 Å². The molecule has 4 saturated heterocycles. The number of H-pyrrole nitrogens is 2. The van der Waals surface area contributed by atoms with Gasteiger partial charge in [0.1, 0.15) is 5.69 Å². The van der Waals surface area contributed by atoms with Gasteiger partial charge in [-0.15, -0.1) is 0 Å². The summed E-state index contributed by atoms with van der Waals surface area (Å²) in [6.07, 6.45) is 2.58. The van der Waals surface area contributed by atoms with E-state index in [1.165, 1.54) is 25.9 Å². The maximum Gasteiger partial charge on any atom is 0.326 e. The standard InChI is InChI=1S/C16H23N5O3/c22-14-9-12(17-16(24)18-14)15(23)21-7-5-20(6-8-21)13-10-19-3-1-11(13)2-4-19/h9,11,13H,1-8,10H2,(H2,17,18,22,24)/t13-/m1/s1. The number of piperazine rings is 1. The monoisotopic (exact) mass is 333 g/mol. The van der Waals surface area contributed by atoms with Crippen molar-refractivity contribution in [3.63, 3.8) is 0 Å². The van der Waals surface area contributed by atoms with Gasteiger partial charge >= 0.3 is 5.69 Å². The summed E-state index contributed by atoms with van der Waals surface area (Å²) in [7, 11) is 0. The lowest BCUT2D eigenvalue weighted by molar-refractivity contribution is -0.0131. The highest BCUT2D eigenvalue weighted by Gasteiger charge is 2.38. The van der Waals surface area contributed by atoms with Gasteiger partial charge in [0.15, 0.2) is 0 Å². The molecule has 1 aromatic heterocycles. The van der Waals surface area contributed by atoms with E-state index >= 15 is 0 Å². The van der Waals surface area contributed by atoms with Crippen molar-refractivity contribution >= 4 is 5.91 Å². The number of piperidine rings is 3. The van der Waals surface area contributed by atoms with E-state index in [1.807, 2.05) is 0 Å². The summed E-state index contributed by atoms with van der Waals surface area (Å²) < 4.78 is 0. The van der Waals surface area contributed by atoms with Gasteiger partial charge in [0.05, 0.1) is 0 Å². The summed E-state index contributed by atoms with van der Waals surface area (Å²) in [6, 6.07) is 1.77. The molecule has 0 saturated carbocycles. The minimum atomic E-state index is -0.642. The summed E-state index contributed by atoms with van der Waals surface area (Å²) in [4.78, 5) is 46.5. The maximum atomic E-state index is 12.5. The molecule has 4 aliphatic heterocycles. The third-order valence-corrected chi connectivity index (χ3v) is 5.68. The molecular formula is C16H23N5O3. The minimum absolute atomic E-state index is 0.0695. The van der Waals surface area contributed by atoms with Crippen LogP contribution in [0.1, 0.15) is 23.3 Å². The van der Waals surface area contributed by atoms with Gasteiger partial charge in [-0.25, -0.2) is 4.79 Å². The zero-order valence-corrected chi connectivity index (χ0v) is 13.7. The van der Waals surface area contributed by atoms with Crippen molar-refractivity contribution in [2.45, 2.75) is 18.9 Å². The third kappa shape index (κ3) is 2.91. The Labute approximate surface area is 139 Å². The number of nitrogens with zero attached hydrogens (tertiary/aromatic N) is 3. The second-order valence-corrected chi connectivity index (χ2v) is 7.03. The van der Waals surface area contributed by atoms with Crippen molar-refractivity contribution in [2.24, 2.45) is 5.92 Å². The van der Waals surface area contributed by atoms with Crippen molar-refractivity contribution in [2.75, 3.05) is 45.8 Å². The summed E-state index contributed by atoms with van der Waals surface area (Å²) >= 11 is 0.